The lowest BCUT2D eigenvalue weighted by atomic mass is 10.2. The summed E-state index contributed by atoms with van der Waals surface area (Å²) < 4.78 is 17.8. The fourth-order valence-corrected chi connectivity index (χ4v) is 2.13. The molecule has 8 heteroatoms. The first kappa shape index (κ1) is 17.5. The highest BCUT2D eigenvalue weighted by Crippen LogP contribution is 2.23. The highest BCUT2D eigenvalue weighted by atomic mass is 35.5. The van der Waals surface area contributed by atoms with Crippen LogP contribution in [-0.4, -0.2) is 18.5 Å². The van der Waals surface area contributed by atoms with Gasteiger partial charge >= 0.3 is 5.97 Å². The minimum absolute atomic E-state index is 0.0363. The normalized spacial score (nSPS) is 10.3. The summed E-state index contributed by atoms with van der Waals surface area (Å²) in [4.78, 5) is 23.5. The number of esters is 1. The number of amides is 1. The van der Waals surface area contributed by atoms with Gasteiger partial charge in [-0.05, 0) is 36.4 Å². The summed E-state index contributed by atoms with van der Waals surface area (Å²) in [7, 11) is 0. The van der Waals surface area contributed by atoms with E-state index in [9.17, 15) is 14.0 Å². The fraction of sp³-hybridized carbons (Fsp3) is 0.0667. The molecule has 0 bridgehead atoms. The van der Waals surface area contributed by atoms with Crippen molar-refractivity contribution in [3.8, 4) is 0 Å². The third-order valence-corrected chi connectivity index (χ3v) is 3.75. The predicted molar refractivity (Wildman–Crippen MR) is 86.8 cm³/mol. The van der Waals surface area contributed by atoms with Crippen LogP contribution in [0, 0.1) is 5.82 Å². The molecular weight excluding hydrogens is 368 g/mol. The van der Waals surface area contributed by atoms with Crippen LogP contribution in [0.2, 0.25) is 15.1 Å². The molecule has 0 unspecified atom stereocenters. The molecule has 23 heavy (non-hydrogen) atoms. The van der Waals surface area contributed by atoms with Crippen LogP contribution in [-0.2, 0) is 9.53 Å². The van der Waals surface area contributed by atoms with E-state index in [1.807, 2.05) is 0 Å². The van der Waals surface area contributed by atoms with Gasteiger partial charge in [0, 0.05) is 0 Å². The number of benzene rings is 2. The molecule has 1 N–H and O–H groups in total. The minimum Gasteiger partial charge on any atom is -0.452 e. The van der Waals surface area contributed by atoms with E-state index in [1.54, 1.807) is 0 Å². The van der Waals surface area contributed by atoms with Crippen molar-refractivity contribution in [3.05, 3.63) is 62.8 Å². The first-order valence-corrected chi connectivity index (χ1v) is 7.37. The number of halogens is 4. The Morgan fingerprint density at radius 3 is 2.39 bits per heavy atom. The van der Waals surface area contributed by atoms with E-state index in [1.165, 1.54) is 24.3 Å². The third kappa shape index (κ3) is 4.82. The van der Waals surface area contributed by atoms with Gasteiger partial charge in [0.15, 0.2) is 6.61 Å². The van der Waals surface area contributed by atoms with Gasteiger partial charge in [0.2, 0.25) is 0 Å². The van der Waals surface area contributed by atoms with E-state index in [4.69, 9.17) is 39.5 Å². The maximum Gasteiger partial charge on any atom is 0.338 e. The molecule has 0 aliphatic carbocycles. The Kier molecular flexibility index (Phi) is 5.82. The van der Waals surface area contributed by atoms with Gasteiger partial charge in [-0.25, -0.2) is 9.18 Å². The summed E-state index contributed by atoms with van der Waals surface area (Å²) in [5.41, 5.74) is 0.371. The molecular formula is C15H9Cl3FNO3. The average Bonchev–Trinajstić information content (AvgIpc) is 2.50. The summed E-state index contributed by atoms with van der Waals surface area (Å²) in [5.74, 6) is -1.88. The van der Waals surface area contributed by atoms with Gasteiger partial charge in [-0.2, -0.15) is 0 Å². The van der Waals surface area contributed by atoms with Gasteiger partial charge in [-0.1, -0.05) is 34.8 Å². The van der Waals surface area contributed by atoms with Crippen LogP contribution in [0.5, 0.6) is 0 Å². The van der Waals surface area contributed by atoms with Gasteiger partial charge in [0.05, 0.1) is 26.3 Å². The number of anilines is 1. The zero-order valence-corrected chi connectivity index (χ0v) is 13.7. The summed E-state index contributed by atoms with van der Waals surface area (Å²) in [6.07, 6.45) is 0. The number of carbonyl (C=O) groups excluding carboxylic acids is 2. The summed E-state index contributed by atoms with van der Waals surface area (Å²) in [6, 6.07) is 7.70. The third-order valence-electron chi connectivity index (χ3n) is 2.69. The van der Waals surface area contributed by atoms with Crippen molar-refractivity contribution >= 4 is 52.4 Å². The van der Waals surface area contributed by atoms with Crippen LogP contribution >= 0.6 is 34.8 Å². The Bertz CT molecular complexity index is 768. The van der Waals surface area contributed by atoms with Crippen LogP contribution in [0.25, 0.3) is 0 Å². The van der Waals surface area contributed by atoms with E-state index in [0.717, 1.165) is 12.1 Å². The monoisotopic (exact) mass is 375 g/mol. The molecule has 0 saturated carbocycles. The SMILES string of the molecule is O=C(COC(=O)c1ccc(Cl)c(Cl)c1)Nc1ccc(F)cc1Cl. The zero-order chi connectivity index (χ0) is 17.0. The van der Waals surface area contributed by atoms with Crippen molar-refractivity contribution in [2.75, 3.05) is 11.9 Å². The van der Waals surface area contributed by atoms with Crippen molar-refractivity contribution in [2.24, 2.45) is 0 Å². The number of nitrogens with one attached hydrogen (secondary N) is 1. The largest absolute Gasteiger partial charge is 0.452 e. The minimum atomic E-state index is -0.732. The molecule has 0 saturated heterocycles. The lowest BCUT2D eigenvalue weighted by Crippen LogP contribution is -2.21. The molecule has 2 rings (SSSR count). The van der Waals surface area contributed by atoms with E-state index in [0.29, 0.717) is 5.02 Å². The van der Waals surface area contributed by atoms with Gasteiger partial charge in [0.25, 0.3) is 5.91 Å². The molecule has 0 aliphatic rings. The first-order chi connectivity index (χ1) is 10.9. The summed E-state index contributed by atoms with van der Waals surface area (Å²) in [5, 5.41) is 2.93. The van der Waals surface area contributed by atoms with Crippen LogP contribution in [0.4, 0.5) is 10.1 Å². The molecule has 4 nitrogen and oxygen atoms in total. The number of carbonyl (C=O) groups is 2. The number of hydrogen-bond donors (Lipinski definition) is 1. The quantitative estimate of drug-likeness (QED) is 0.795. The molecule has 0 aromatic heterocycles. The van der Waals surface area contributed by atoms with Crippen LogP contribution in [0.1, 0.15) is 10.4 Å². The van der Waals surface area contributed by atoms with Crippen molar-refractivity contribution in [1.29, 1.82) is 0 Å². The highest BCUT2D eigenvalue weighted by Gasteiger charge is 2.13. The second-order valence-corrected chi connectivity index (χ2v) is 5.60. The lowest BCUT2D eigenvalue weighted by Gasteiger charge is -2.08. The molecule has 0 aliphatic heterocycles. The topological polar surface area (TPSA) is 55.4 Å². The molecule has 0 atom stereocenters. The average molecular weight is 377 g/mol. The Labute approximate surface area is 146 Å². The molecule has 0 fully saturated rings. The summed E-state index contributed by atoms with van der Waals surface area (Å²) >= 11 is 17.3. The van der Waals surface area contributed by atoms with E-state index in [-0.39, 0.29) is 21.3 Å². The van der Waals surface area contributed by atoms with E-state index >= 15 is 0 Å². The molecule has 0 spiro atoms. The summed E-state index contributed by atoms with van der Waals surface area (Å²) in [6.45, 7) is -0.535. The van der Waals surface area contributed by atoms with Crippen LogP contribution in [0.3, 0.4) is 0 Å². The molecule has 1 amide bonds. The van der Waals surface area contributed by atoms with Gasteiger partial charge in [-0.15, -0.1) is 0 Å². The van der Waals surface area contributed by atoms with Crippen LogP contribution < -0.4 is 5.32 Å². The Morgan fingerprint density at radius 2 is 1.74 bits per heavy atom. The standard InChI is InChI=1S/C15H9Cl3FNO3/c16-10-3-1-8(5-11(10)17)15(22)23-7-14(21)20-13-4-2-9(19)6-12(13)18/h1-6H,7H2,(H,20,21). The molecule has 0 heterocycles. The smallest absolute Gasteiger partial charge is 0.338 e. The Balaban J connectivity index is 1.93. The molecule has 2 aromatic rings. The second kappa shape index (κ2) is 7.64. The van der Waals surface area contributed by atoms with Gasteiger partial charge < -0.3 is 10.1 Å². The van der Waals surface area contributed by atoms with Crippen molar-refractivity contribution in [1.82, 2.24) is 0 Å². The van der Waals surface area contributed by atoms with Crippen molar-refractivity contribution in [2.45, 2.75) is 0 Å². The highest BCUT2D eigenvalue weighted by molar-refractivity contribution is 6.42. The first-order valence-electron chi connectivity index (χ1n) is 6.24. The maximum absolute atomic E-state index is 12.9. The maximum atomic E-state index is 12.9. The van der Waals surface area contributed by atoms with Gasteiger partial charge in [0.1, 0.15) is 5.82 Å². The fourth-order valence-electron chi connectivity index (χ4n) is 1.61. The van der Waals surface area contributed by atoms with Crippen molar-refractivity contribution in [3.63, 3.8) is 0 Å². The number of rotatable bonds is 4. The zero-order valence-electron chi connectivity index (χ0n) is 11.4. The van der Waals surface area contributed by atoms with Crippen LogP contribution in [0.15, 0.2) is 36.4 Å². The number of ether oxygens (including phenoxy) is 1. The molecule has 2 aromatic carbocycles. The predicted octanol–water partition coefficient (Wildman–Crippen LogP) is 4.58. The molecule has 120 valence electrons. The Morgan fingerprint density at radius 1 is 1.00 bits per heavy atom. The Hall–Kier alpha value is -1.82. The lowest BCUT2D eigenvalue weighted by molar-refractivity contribution is -0.119. The van der Waals surface area contributed by atoms with Crippen molar-refractivity contribution < 1.29 is 18.7 Å². The second-order valence-electron chi connectivity index (χ2n) is 4.38. The van der Waals surface area contributed by atoms with E-state index < -0.39 is 24.3 Å². The molecule has 0 radical (unpaired) electrons. The number of hydrogen-bond acceptors (Lipinski definition) is 3. The van der Waals surface area contributed by atoms with Gasteiger partial charge in [-0.3, -0.25) is 4.79 Å². The van der Waals surface area contributed by atoms with E-state index in [2.05, 4.69) is 5.32 Å².